The topological polar surface area (TPSA) is 72.2 Å². The highest BCUT2D eigenvalue weighted by Crippen LogP contribution is 2.18. The lowest BCUT2D eigenvalue weighted by molar-refractivity contribution is 0.601. The van der Waals surface area contributed by atoms with Crippen molar-refractivity contribution in [2.75, 3.05) is 4.72 Å². The third-order valence-electron chi connectivity index (χ3n) is 2.53. The van der Waals surface area contributed by atoms with Gasteiger partial charge in [0.05, 0.1) is 4.90 Å². The first-order chi connectivity index (χ1) is 9.38. The highest BCUT2D eigenvalue weighted by Gasteiger charge is 2.14. The van der Waals surface area contributed by atoms with Crippen molar-refractivity contribution < 1.29 is 8.42 Å². The fourth-order valence-corrected chi connectivity index (χ4v) is 3.29. The Balaban J connectivity index is 2.28. The van der Waals surface area contributed by atoms with Gasteiger partial charge in [-0.2, -0.15) is 0 Å². The second kappa shape index (κ2) is 6.06. The van der Waals surface area contributed by atoms with Gasteiger partial charge in [-0.25, -0.2) is 8.42 Å². The van der Waals surface area contributed by atoms with E-state index in [0.717, 1.165) is 3.57 Å². The number of hydrogen-bond donors (Lipinski definition) is 2. The van der Waals surface area contributed by atoms with Crippen molar-refractivity contribution in [1.29, 1.82) is 0 Å². The molecule has 2 aromatic carbocycles. The molecule has 0 heterocycles. The van der Waals surface area contributed by atoms with Crippen LogP contribution in [0.15, 0.2) is 53.4 Å². The van der Waals surface area contributed by atoms with Crippen molar-refractivity contribution >= 4 is 55.5 Å². The number of benzene rings is 2. The average molecular weight is 418 g/mol. The van der Waals surface area contributed by atoms with Gasteiger partial charge in [-0.15, -0.1) is 0 Å². The maximum absolute atomic E-state index is 12.2. The summed E-state index contributed by atoms with van der Waals surface area (Å²) in [5.41, 5.74) is 6.63. The molecule has 0 saturated carbocycles. The van der Waals surface area contributed by atoms with E-state index in [-0.39, 0.29) is 9.88 Å². The van der Waals surface area contributed by atoms with Crippen LogP contribution in [0.3, 0.4) is 0 Å². The SMILES string of the molecule is NC(=S)c1ccc(S(=O)(=O)Nc2cccc(I)c2)cc1. The molecule has 0 radical (unpaired) electrons. The van der Waals surface area contributed by atoms with Crippen molar-refractivity contribution in [1.82, 2.24) is 0 Å². The zero-order valence-electron chi connectivity index (χ0n) is 10.2. The van der Waals surface area contributed by atoms with Crippen LogP contribution in [0.25, 0.3) is 0 Å². The van der Waals surface area contributed by atoms with Crippen LogP contribution < -0.4 is 10.5 Å². The molecular formula is C13H11IN2O2S2. The minimum absolute atomic E-state index is 0.163. The normalized spacial score (nSPS) is 11.1. The lowest BCUT2D eigenvalue weighted by Gasteiger charge is -2.09. The van der Waals surface area contributed by atoms with Crippen molar-refractivity contribution in [3.05, 3.63) is 57.7 Å². The minimum atomic E-state index is -3.61. The predicted octanol–water partition coefficient (Wildman–Crippen LogP) is 2.73. The monoisotopic (exact) mass is 418 g/mol. The quantitative estimate of drug-likeness (QED) is 0.592. The number of sulfonamides is 1. The first-order valence-electron chi connectivity index (χ1n) is 5.57. The number of hydrogen-bond acceptors (Lipinski definition) is 3. The van der Waals surface area contributed by atoms with Crippen LogP contribution in [0.5, 0.6) is 0 Å². The van der Waals surface area contributed by atoms with Crippen LogP contribution in [0.4, 0.5) is 5.69 Å². The molecule has 0 aliphatic rings. The van der Waals surface area contributed by atoms with E-state index in [4.69, 9.17) is 18.0 Å². The maximum Gasteiger partial charge on any atom is 0.261 e. The number of anilines is 1. The smallest absolute Gasteiger partial charge is 0.261 e. The van der Waals surface area contributed by atoms with Crippen LogP contribution in [0.1, 0.15) is 5.56 Å². The molecule has 0 aliphatic carbocycles. The molecule has 2 rings (SSSR count). The second-order valence-corrected chi connectivity index (χ2v) is 7.37. The van der Waals surface area contributed by atoms with Crippen LogP contribution >= 0.6 is 34.8 Å². The standard InChI is InChI=1S/C13H11IN2O2S2/c14-10-2-1-3-11(8-10)16-20(17,18)12-6-4-9(5-7-12)13(15)19/h1-8,16H,(H2,15,19). The number of rotatable bonds is 4. The Kier molecular flexibility index (Phi) is 4.61. The van der Waals surface area contributed by atoms with E-state index >= 15 is 0 Å². The summed E-state index contributed by atoms with van der Waals surface area (Å²) in [6, 6.07) is 13.3. The van der Waals surface area contributed by atoms with Gasteiger partial charge in [-0.05, 0) is 52.9 Å². The minimum Gasteiger partial charge on any atom is -0.389 e. The highest BCUT2D eigenvalue weighted by atomic mass is 127. The van der Waals surface area contributed by atoms with E-state index in [1.165, 1.54) is 12.1 Å². The van der Waals surface area contributed by atoms with Crippen LogP contribution in [-0.4, -0.2) is 13.4 Å². The van der Waals surface area contributed by atoms with E-state index in [1.54, 1.807) is 30.3 Å². The largest absolute Gasteiger partial charge is 0.389 e. The van der Waals surface area contributed by atoms with E-state index in [0.29, 0.717) is 11.3 Å². The van der Waals surface area contributed by atoms with Crippen molar-refractivity contribution in [3.8, 4) is 0 Å². The van der Waals surface area contributed by atoms with Gasteiger partial charge < -0.3 is 5.73 Å². The van der Waals surface area contributed by atoms with E-state index in [1.807, 2.05) is 6.07 Å². The molecule has 20 heavy (non-hydrogen) atoms. The number of halogens is 1. The summed E-state index contributed by atoms with van der Waals surface area (Å²) in [5.74, 6) is 0. The zero-order valence-corrected chi connectivity index (χ0v) is 14.0. The first kappa shape index (κ1) is 15.2. The van der Waals surface area contributed by atoms with Gasteiger partial charge in [0.15, 0.2) is 0 Å². The van der Waals surface area contributed by atoms with Crippen LogP contribution in [0.2, 0.25) is 0 Å². The summed E-state index contributed by atoms with van der Waals surface area (Å²) in [6.45, 7) is 0. The Morgan fingerprint density at radius 3 is 2.35 bits per heavy atom. The number of nitrogens with two attached hydrogens (primary N) is 1. The molecule has 7 heteroatoms. The highest BCUT2D eigenvalue weighted by molar-refractivity contribution is 14.1. The summed E-state index contributed by atoms with van der Waals surface area (Å²) in [6.07, 6.45) is 0. The summed E-state index contributed by atoms with van der Waals surface area (Å²) in [7, 11) is -3.61. The third-order valence-corrected chi connectivity index (χ3v) is 4.83. The molecule has 0 unspecified atom stereocenters. The Hall–Kier alpha value is -1.19. The Labute approximate surface area is 136 Å². The van der Waals surface area contributed by atoms with Crippen molar-refractivity contribution in [3.63, 3.8) is 0 Å². The van der Waals surface area contributed by atoms with Gasteiger partial charge in [-0.3, -0.25) is 4.72 Å². The average Bonchev–Trinajstić information content (AvgIpc) is 2.38. The molecule has 0 aromatic heterocycles. The van der Waals surface area contributed by atoms with E-state index < -0.39 is 10.0 Å². The summed E-state index contributed by atoms with van der Waals surface area (Å²) < 4.78 is 27.9. The first-order valence-corrected chi connectivity index (χ1v) is 8.54. The summed E-state index contributed by atoms with van der Waals surface area (Å²) in [5, 5.41) is 0. The van der Waals surface area contributed by atoms with Gasteiger partial charge in [0, 0.05) is 14.8 Å². The van der Waals surface area contributed by atoms with Crippen LogP contribution in [-0.2, 0) is 10.0 Å². The molecule has 0 amide bonds. The van der Waals surface area contributed by atoms with Gasteiger partial charge in [0.2, 0.25) is 0 Å². The van der Waals surface area contributed by atoms with Gasteiger partial charge >= 0.3 is 0 Å². The molecule has 3 N–H and O–H groups in total. The third kappa shape index (κ3) is 3.68. The van der Waals surface area contributed by atoms with Crippen LogP contribution in [0, 0.1) is 3.57 Å². The molecule has 4 nitrogen and oxygen atoms in total. The summed E-state index contributed by atoms with van der Waals surface area (Å²) in [4.78, 5) is 0.399. The molecule has 0 saturated heterocycles. The second-order valence-electron chi connectivity index (χ2n) is 4.00. The molecular weight excluding hydrogens is 407 g/mol. The van der Waals surface area contributed by atoms with Gasteiger partial charge in [0.1, 0.15) is 4.99 Å². The van der Waals surface area contributed by atoms with Crippen molar-refractivity contribution in [2.24, 2.45) is 5.73 Å². The van der Waals surface area contributed by atoms with E-state index in [2.05, 4.69) is 27.3 Å². The molecule has 104 valence electrons. The lowest BCUT2D eigenvalue weighted by atomic mass is 10.2. The van der Waals surface area contributed by atoms with E-state index in [9.17, 15) is 8.42 Å². The van der Waals surface area contributed by atoms with Gasteiger partial charge in [0.25, 0.3) is 10.0 Å². The van der Waals surface area contributed by atoms with Gasteiger partial charge in [-0.1, -0.05) is 30.4 Å². The predicted molar refractivity (Wildman–Crippen MR) is 92.3 cm³/mol. The Morgan fingerprint density at radius 2 is 1.80 bits per heavy atom. The molecule has 0 aliphatic heterocycles. The maximum atomic E-state index is 12.2. The van der Waals surface area contributed by atoms with Crippen molar-refractivity contribution in [2.45, 2.75) is 4.90 Å². The Morgan fingerprint density at radius 1 is 1.15 bits per heavy atom. The zero-order chi connectivity index (χ0) is 14.8. The molecule has 0 fully saturated rings. The summed E-state index contributed by atoms with van der Waals surface area (Å²) >= 11 is 6.95. The number of thiocarbonyl (C=S) groups is 1. The fourth-order valence-electron chi connectivity index (χ4n) is 1.56. The lowest BCUT2D eigenvalue weighted by Crippen LogP contribution is -2.14. The molecule has 0 bridgehead atoms. The molecule has 0 atom stereocenters. The Bertz CT molecular complexity index is 743. The molecule has 0 spiro atoms. The number of nitrogens with one attached hydrogen (secondary N) is 1. The molecule has 2 aromatic rings. The fraction of sp³-hybridized carbons (Fsp3) is 0.